The Balaban J connectivity index is 4.32. The van der Waals surface area contributed by atoms with Crippen LogP contribution in [0.3, 0.4) is 0 Å². The number of phosphoric acid groups is 1. The first-order valence-electron chi connectivity index (χ1n) is 17.0. The Labute approximate surface area is 277 Å². The van der Waals surface area contributed by atoms with Gasteiger partial charge in [-0.25, -0.2) is 4.57 Å². The van der Waals surface area contributed by atoms with Crippen molar-refractivity contribution in [3.63, 3.8) is 0 Å². The number of carbonyl (C=O) groups excluding carboxylic acids is 2. The van der Waals surface area contributed by atoms with Gasteiger partial charge in [0.15, 0.2) is 6.10 Å². The number of aliphatic hydroxyl groups is 2. The van der Waals surface area contributed by atoms with Gasteiger partial charge in [0.2, 0.25) is 0 Å². The fraction of sp³-hybridized carbons (Fsp3) is 0.714. The first-order chi connectivity index (χ1) is 21.9. The highest BCUT2D eigenvalue weighted by molar-refractivity contribution is 7.46. The molecule has 0 aliphatic heterocycles. The standard InChI is InChI=1S/C35H61O10P/c1-4-5-6-7-11-16-22-31(36)23-17-13-14-18-24-32(37)25-20-27-34(38)43-28-33(29-44-46(40,41)42)45-35(39)26-19-12-9-8-10-15-21-30(2)3/h11,13-14,16-18,23-24,30-33,36-37H,4-10,12,15,19-22,25-29H2,1-3H3,(H2,40,41,42)/b14-13+,16-11-,23-17+,24-18-/t31-,32-,33-/m1/s1. The summed E-state index contributed by atoms with van der Waals surface area (Å²) in [6.45, 7) is 5.58. The molecule has 10 nitrogen and oxygen atoms in total. The summed E-state index contributed by atoms with van der Waals surface area (Å²) in [6, 6.07) is 0. The van der Waals surface area contributed by atoms with Gasteiger partial charge < -0.3 is 29.5 Å². The molecule has 0 aliphatic carbocycles. The summed E-state index contributed by atoms with van der Waals surface area (Å²) >= 11 is 0. The van der Waals surface area contributed by atoms with E-state index in [0.29, 0.717) is 31.6 Å². The lowest BCUT2D eigenvalue weighted by atomic mass is 10.0. The van der Waals surface area contributed by atoms with Gasteiger partial charge in [-0.05, 0) is 44.4 Å². The van der Waals surface area contributed by atoms with Crippen molar-refractivity contribution in [3.8, 4) is 0 Å². The lowest BCUT2D eigenvalue weighted by Crippen LogP contribution is -2.29. The molecule has 0 aliphatic rings. The molecule has 0 aromatic carbocycles. The summed E-state index contributed by atoms with van der Waals surface area (Å²) < 4.78 is 26.0. The minimum Gasteiger partial charge on any atom is -0.462 e. The van der Waals surface area contributed by atoms with Crippen LogP contribution in [0, 0.1) is 5.92 Å². The van der Waals surface area contributed by atoms with Gasteiger partial charge in [-0.3, -0.25) is 14.1 Å². The zero-order chi connectivity index (χ0) is 34.5. The Morgan fingerprint density at radius 1 is 0.717 bits per heavy atom. The number of esters is 2. The zero-order valence-corrected chi connectivity index (χ0v) is 29.2. The molecule has 0 bridgehead atoms. The first kappa shape index (κ1) is 43.9. The van der Waals surface area contributed by atoms with E-state index in [9.17, 15) is 24.4 Å². The predicted molar refractivity (Wildman–Crippen MR) is 182 cm³/mol. The van der Waals surface area contributed by atoms with E-state index in [0.717, 1.165) is 25.7 Å². The van der Waals surface area contributed by atoms with E-state index >= 15 is 0 Å². The molecule has 0 aromatic heterocycles. The monoisotopic (exact) mass is 672 g/mol. The number of unbranched alkanes of at least 4 members (excludes halogenated alkanes) is 8. The SMILES string of the molecule is CCCCC/C=C\C[C@@H](O)/C=C/C=C/C=C\[C@@H](O)CCCC(=O)OC[C@H](COP(=O)(O)O)OC(=O)CCCCCCCCC(C)C. The minimum atomic E-state index is -4.80. The van der Waals surface area contributed by atoms with E-state index in [2.05, 4.69) is 31.4 Å². The second-order valence-electron chi connectivity index (χ2n) is 12.0. The van der Waals surface area contributed by atoms with E-state index in [1.807, 2.05) is 6.08 Å². The highest BCUT2D eigenvalue weighted by Crippen LogP contribution is 2.35. The molecular weight excluding hydrogens is 611 g/mol. The molecule has 0 amide bonds. The molecule has 11 heteroatoms. The summed E-state index contributed by atoms with van der Waals surface area (Å²) in [5, 5.41) is 20.1. The molecule has 0 unspecified atom stereocenters. The van der Waals surface area contributed by atoms with Crippen molar-refractivity contribution in [1.29, 1.82) is 0 Å². The van der Waals surface area contributed by atoms with Crippen LogP contribution < -0.4 is 0 Å². The molecule has 3 atom stereocenters. The molecule has 46 heavy (non-hydrogen) atoms. The zero-order valence-electron chi connectivity index (χ0n) is 28.3. The second-order valence-corrected chi connectivity index (χ2v) is 13.3. The van der Waals surface area contributed by atoms with E-state index in [4.69, 9.17) is 19.3 Å². The van der Waals surface area contributed by atoms with Crippen LogP contribution in [0.5, 0.6) is 0 Å². The average Bonchev–Trinajstić information content (AvgIpc) is 2.98. The molecule has 0 aromatic rings. The van der Waals surface area contributed by atoms with Crippen molar-refractivity contribution in [2.75, 3.05) is 13.2 Å². The number of allylic oxidation sites excluding steroid dienone is 5. The fourth-order valence-corrected chi connectivity index (χ4v) is 4.70. The molecule has 0 saturated heterocycles. The summed E-state index contributed by atoms with van der Waals surface area (Å²) in [5.41, 5.74) is 0. The quantitative estimate of drug-likeness (QED) is 0.0207. The second kappa shape index (κ2) is 29.1. The highest BCUT2D eigenvalue weighted by Gasteiger charge is 2.23. The Morgan fingerprint density at radius 2 is 1.35 bits per heavy atom. The van der Waals surface area contributed by atoms with Crippen LogP contribution in [0.1, 0.15) is 124 Å². The number of aliphatic hydroxyl groups excluding tert-OH is 2. The van der Waals surface area contributed by atoms with Crippen molar-refractivity contribution in [2.24, 2.45) is 5.92 Å². The summed E-state index contributed by atoms with van der Waals surface area (Å²) in [5.74, 6) is -0.431. The number of ether oxygens (including phenoxy) is 2. The molecule has 0 spiro atoms. The third kappa shape index (κ3) is 31.9. The highest BCUT2D eigenvalue weighted by atomic mass is 31.2. The molecule has 0 heterocycles. The number of hydrogen-bond acceptors (Lipinski definition) is 8. The van der Waals surface area contributed by atoms with Crippen molar-refractivity contribution in [2.45, 2.75) is 142 Å². The Hall–Kier alpha value is -2.07. The Morgan fingerprint density at radius 3 is 2.00 bits per heavy atom. The third-order valence-corrected chi connectivity index (χ3v) is 7.45. The van der Waals surface area contributed by atoms with Gasteiger partial charge in [-0.2, -0.15) is 0 Å². The van der Waals surface area contributed by atoms with Crippen LogP contribution in [-0.2, 0) is 28.2 Å². The third-order valence-electron chi connectivity index (χ3n) is 6.97. The van der Waals surface area contributed by atoms with Crippen LogP contribution >= 0.6 is 7.82 Å². The lowest BCUT2D eigenvalue weighted by Gasteiger charge is -2.18. The Bertz CT molecular complexity index is 938. The van der Waals surface area contributed by atoms with Gasteiger partial charge in [-0.1, -0.05) is 121 Å². The van der Waals surface area contributed by atoms with Crippen LogP contribution in [0.2, 0.25) is 0 Å². The van der Waals surface area contributed by atoms with Gasteiger partial charge in [-0.15, -0.1) is 0 Å². The summed E-state index contributed by atoms with van der Waals surface area (Å²) in [6.07, 6.45) is 25.1. The van der Waals surface area contributed by atoms with Gasteiger partial charge in [0.05, 0.1) is 18.8 Å². The van der Waals surface area contributed by atoms with Gasteiger partial charge in [0, 0.05) is 12.8 Å². The molecule has 266 valence electrons. The smallest absolute Gasteiger partial charge is 0.462 e. The van der Waals surface area contributed by atoms with Crippen molar-refractivity contribution < 1.29 is 48.2 Å². The van der Waals surface area contributed by atoms with E-state index < -0.39 is 51.3 Å². The molecule has 0 radical (unpaired) electrons. The maximum Gasteiger partial charge on any atom is 0.469 e. The molecule has 0 rings (SSSR count). The topological polar surface area (TPSA) is 160 Å². The van der Waals surface area contributed by atoms with Crippen LogP contribution in [0.4, 0.5) is 0 Å². The average molecular weight is 673 g/mol. The summed E-state index contributed by atoms with van der Waals surface area (Å²) in [4.78, 5) is 42.5. The normalized spacial score (nSPS) is 14.6. The van der Waals surface area contributed by atoms with Crippen molar-refractivity contribution >= 4 is 19.8 Å². The largest absolute Gasteiger partial charge is 0.469 e. The first-order valence-corrected chi connectivity index (χ1v) is 18.5. The predicted octanol–water partition coefficient (Wildman–Crippen LogP) is 7.41. The Kier molecular flexibility index (Phi) is 27.8. The van der Waals surface area contributed by atoms with Gasteiger partial charge in [0.1, 0.15) is 6.61 Å². The van der Waals surface area contributed by atoms with Crippen LogP contribution in [-0.4, -0.2) is 63.5 Å². The minimum absolute atomic E-state index is 0.00556. The number of hydrogen-bond donors (Lipinski definition) is 4. The molecular formula is C35H61O10P. The van der Waals surface area contributed by atoms with Crippen LogP contribution in [0.15, 0.2) is 48.6 Å². The maximum atomic E-state index is 12.3. The molecule has 4 N–H and O–H groups in total. The van der Waals surface area contributed by atoms with E-state index in [-0.39, 0.29) is 12.8 Å². The molecule has 0 fully saturated rings. The fourth-order valence-electron chi connectivity index (χ4n) is 4.34. The number of phosphoric ester groups is 1. The van der Waals surface area contributed by atoms with Crippen molar-refractivity contribution in [3.05, 3.63) is 48.6 Å². The van der Waals surface area contributed by atoms with Crippen molar-refractivity contribution in [1.82, 2.24) is 0 Å². The van der Waals surface area contributed by atoms with E-state index in [1.54, 1.807) is 36.5 Å². The van der Waals surface area contributed by atoms with Gasteiger partial charge >= 0.3 is 19.8 Å². The van der Waals surface area contributed by atoms with E-state index in [1.165, 1.54) is 38.5 Å². The number of rotatable bonds is 29. The number of carbonyl (C=O) groups is 2. The molecule has 0 saturated carbocycles. The van der Waals surface area contributed by atoms with Crippen LogP contribution in [0.25, 0.3) is 0 Å². The van der Waals surface area contributed by atoms with Gasteiger partial charge in [0.25, 0.3) is 0 Å². The summed E-state index contributed by atoms with van der Waals surface area (Å²) in [7, 11) is -4.80. The maximum absolute atomic E-state index is 12.3. The lowest BCUT2D eigenvalue weighted by molar-refractivity contribution is -0.161.